The summed E-state index contributed by atoms with van der Waals surface area (Å²) in [5, 5.41) is 12.3. The maximum Gasteiger partial charge on any atom is 0.337 e. The molecule has 0 amide bonds. The van der Waals surface area contributed by atoms with Crippen molar-refractivity contribution in [3.63, 3.8) is 0 Å². The molecule has 0 atom stereocenters. The zero-order chi connectivity index (χ0) is 15.4. The van der Waals surface area contributed by atoms with Gasteiger partial charge in [0.25, 0.3) is 0 Å². The van der Waals surface area contributed by atoms with Gasteiger partial charge in [0, 0.05) is 11.3 Å². The molecule has 0 heterocycles. The molecule has 0 aliphatic heterocycles. The van der Waals surface area contributed by atoms with E-state index in [2.05, 4.69) is 5.32 Å². The lowest BCUT2D eigenvalue weighted by molar-refractivity contribution is 0.0698. The Balaban J connectivity index is 2.34. The Hall–Kier alpha value is -2.82. The molecular weight excluding hydrogens is 270 g/mol. The molecule has 0 aromatic heterocycles. The molecule has 5 nitrogen and oxygen atoms in total. The third-order valence-electron chi connectivity index (χ3n) is 3.03. The summed E-state index contributed by atoms with van der Waals surface area (Å²) in [6, 6.07) is 11.7. The van der Waals surface area contributed by atoms with Crippen LogP contribution >= 0.6 is 0 Å². The summed E-state index contributed by atoms with van der Waals surface area (Å²) in [5.41, 5.74) is 1.58. The topological polar surface area (TPSA) is 75.6 Å². The number of rotatable bonds is 5. The van der Waals surface area contributed by atoms with Gasteiger partial charge in [-0.2, -0.15) is 0 Å². The summed E-state index contributed by atoms with van der Waals surface area (Å²) in [5.74, 6) is -0.548. The van der Waals surface area contributed by atoms with Gasteiger partial charge in [0.1, 0.15) is 5.75 Å². The quantitative estimate of drug-likeness (QED) is 0.824. The van der Waals surface area contributed by atoms with E-state index in [1.807, 2.05) is 0 Å². The van der Waals surface area contributed by atoms with Crippen molar-refractivity contribution in [2.45, 2.75) is 6.92 Å². The minimum Gasteiger partial charge on any atom is -0.497 e. The van der Waals surface area contributed by atoms with E-state index in [-0.39, 0.29) is 11.3 Å². The van der Waals surface area contributed by atoms with Crippen molar-refractivity contribution >= 4 is 23.1 Å². The number of anilines is 2. The summed E-state index contributed by atoms with van der Waals surface area (Å²) < 4.78 is 5.06. The highest BCUT2D eigenvalue weighted by molar-refractivity contribution is 6.01. The number of carbonyl (C=O) groups is 2. The number of hydrogen-bond donors (Lipinski definition) is 2. The predicted molar refractivity (Wildman–Crippen MR) is 79.7 cm³/mol. The van der Waals surface area contributed by atoms with Crippen molar-refractivity contribution in [2.24, 2.45) is 0 Å². The van der Waals surface area contributed by atoms with Crippen molar-refractivity contribution in [1.29, 1.82) is 0 Å². The molecule has 0 spiro atoms. The van der Waals surface area contributed by atoms with Crippen LogP contribution in [-0.4, -0.2) is 24.0 Å². The van der Waals surface area contributed by atoms with E-state index in [9.17, 15) is 14.7 Å². The highest BCUT2D eigenvalue weighted by atomic mass is 16.5. The van der Waals surface area contributed by atoms with Gasteiger partial charge >= 0.3 is 5.97 Å². The van der Waals surface area contributed by atoms with E-state index < -0.39 is 5.97 Å². The number of carbonyl (C=O) groups excluding carboxylic acids is 1. The van der Waals surface area contributed by atoms with Gasteiger partial charge in [-0.05, 0) is 49.4 Å². The Kier molecular flexibility index (Phi) is 4.23. The molecule has 0 fully saturated rings. The second-order valence-corrected chi connectivity index (χ2v) is 4.48. The first-order valence-electron chi connectivity index (χ1n) is 6.30. The zero-order valence-electron chi connectivity index (χ0n) is 11.7. The predicted octanol–water partition coefficient (Wildman–Crippen LogP) is 3.34. The number of Topliss-reactive ketones (excluding diaryl/α,β-unsaturated/α-hetero) is 1. The Bertz CT molecular complexity index is 677. The molecule has 2 N–H and O–H groups in total. The molecule has 108 valence electrons. The lowest BCUT2D eigenvalue weighted by Crippen LogP contribution is -2.05. The number of ketones is 1. The highest BCUT2D eigenvalue weighted by Gasteiger charge is 2.13. The molecule has 2 aromatic rings. The summed E-state index contributed by atoms with van der Waals surface area (Å²) >= 11 is 0. The molecule has 2 aromatic carbocycles. The monoisotopic (exact) mass is 285 g/mol. The average Bonchev–Trinajstić information content (AvgIpc) is 2.48. The lowest BCUT2D eigenvalue weighted by Gasteiger charge is -2.11. The highest BCUT2D eigenvalue weighted by Crippen LogP contribution is 2.24. The fourth-order valence-corrected chi connectivity index (χ4v) is 1.88. The van der Waals surface area contributed by atoms with Gasteiger partial charge in [-0.15, -0.1) is 0 Å². The fourth-order valence-electron chi connectivity index (χ4n) is 1.88. The standard InChI is InChI=1S/C16H15NO4/c1-10(18)11-3-8-15(14(9-11)16(19)20)17-12-4-6-13(21-2)7-5-12/h3-9,17H,1-2H3,(H,19,20). The van der Waals surface area contributed by atoms with Crippen molar-refractivity contribution in [2.75, 3.05) is 12.4 Å². The Labute approximate surface area is 122 Å². The maximum atomic E-state index is 11.3. The molecule has 0 saturated carbocycles. The molecule has 5 heteroatoms. The third-order valence-corrected chi connectivity index (χ3v) is 3.03. The van der Waals surface area contributed by atoms with Crippen LogP contribution in [0.3, 0.4) is 0 Å². The van der Waals surface area contributed by atoms with Gasteiger partial charge < -0.3 is 15.2 Å². The van der Waals surface area contributed by atoms with E-state index in [0.29, 0.717) is 17.0 Å². The summed E-state index contributed by atoms with van der Waals surface area (Å²) in [6.07, 6.45) is 0. The average molecular weight is 285 g/mol. The molecular formula is C16H15NO4. The Morgan fingerprint density at radius 1 is 1.10 bits per heavy atom. The minimum atomic E-state index is -1.09. The van der Waals surface area contributed by atoms with Crippen LogP contribution in [0.4, 0.5) is 11.4 Å². The van der Waals surface area contributed by atoms with E-state index in [1.165, 1.54) is 13.0 Å². The molecule has 2 rings (SSSR count). The van der Waals surface area contributed by atoms with Gasteiger partial charge in [-0.25, -0.2) is 4.79 Å². The molecule has 0 saturated heterocycles. The zero-order valence-corrected chi connectivity index (χ0v) is 11.7. The SMILES string of the molecule is COc1ccc(Nc2ccc(C(C)=O)cc2C(=O)O)cc1. The number of ether oxygens (including phenoxy) is 1. The van der Waals surface area contributed by atoms with Crippen LogP contribution in [0.2, 0.25) is 0 Å². The first-order valence-corrected chi connectivity index (χ1v) is 6.30. The van der Waals surface area contributed by atoms with Crippen LogP contribution in [0.5, 0.6) is 5.75 Å². The number of aromatic carboxylic acids is 1. The largest absolute Gasteiger partial charge is 0.497 e. The first kappa shape index (κ1) is 14.6. The molecule has 0 unspecified atom stereocenters. The Morgan fingerprint density at radius 3 is 2.29 bits per heavy atom. The van der Waals surface area contributed by atoms with Crippen molar-refractivity contribution in [1.82, 2.24) is 0 Å². The number of carboxylic acids is 1. The van der Waals surface area contributed by atoms with Crippen molar-refractivity contribution in [3.8, 4) is 5.75 Å². The number of methoxy groups -OCH3 is 1. The van der Waals surface area contributed by atoms with E-state index >= 15 is 0 Å². The summed E-state index contributed by atoms with van der Waals surface area (Å²) in [4.78, 5) is 22.6. The summed E-state index contributed by atoms with van der Waals surface area (Å²) in [7, 11) is 1.57. The Morgan fingerprint density at radius 2 is 1.76 bits per heavy atom. The van der Waals surface area contributed by atoms with Crippen LogP contribution in [0.25, 0.3) is 0 Å². The fraction of sp³-hybridized carbons (Fsp3) is 0.125. The first-order chi connectivity index (χ1) is 10.0. The number of nitrogens with one attached hydrogen (secondary N) is 1. The number of carboxylic acid groups (broad SMARTS) is 1. The maximum absolute atomic E-state index is 11.3. The second kappa shape index (κ2) is 6.09. The van der Waals surface area contributed by atoms with Crippen LogP contribution in [-0.2, 0) is 0 Å². The van der Waals surface area contributed by atoms with Crippen LogP contribution in [0, 0.1) is 0 Å². The second-order valence-electron chi connectivity index (χ2n) is 4.48. The number of benzene rings is 2. The summed E-state index contributed by atoms with van der Waals surface area (Å²) in [6.45, 7) is 1.40. The van der Waals surface area contributed by atoms with Gasteiger partial charge in [0.15, 0.2) is 5.78 Å². The van der Waals surface area contributed by atoms with Gasteiger partial charge in [-0.1, -0.05) is 0 Å². The van der Waals surface area contributed by atoms with Gasteiger partial charge in [0.05, 0.1) is 18.4 Å². The molecule has 0 radical (unpaired) electrons. The van der Waals surface area contributed by atoms with Crippen LogP contribution in [0.1, 0.15) is 27.6 Å². The number of hydrogen-bond acceptors (Lipinski definition) is 4. The van der Waals surface area contributed by atoms with Crippen LogP contribution in [0.15, 0.2) is 42.5 Å². The molecule has 21 heavy (non-hydrogen) atoms. The minimum absolute atomic E-state index is 0.0542. The van der Waals surface area contributed by atoms with Crippen molar-refractivity contribution in [3.05, 3.63) is 53.6 Å². The normalized spacial score (nSPS) is 10.0. The lowest BCUT2D eigenvalue weighted by atomic mass is 10.1. The smallest absolute Gasteiger partial charge is 0.337 e. The van der Waals surface area contributed by atoms with Crippen LogP contribution < -0.4 is 10.1 Å². The molecule has 0 bridgehead atoms. The van der Waals surface area contributed by atoms with Gasteiger partial charge in [-0.3, -0.25) is 4.79 Å². The van der Waals surface area contributed by atoms with E-state index in [4.69, 9.17) is 4.74 Å². The van der Waals surface area contributed by atoms with E-state index in [1.54, 1.807) is 43.5 Å². The van der Waals surface area contributed by atoms with Gasteiger partial charge in [0.2, 0.25) is 0 Å². The van der Waals surface area contributed by atoms with Crippen molar-refractivity contribution < 1.29 is 19.4 Å². The third kappa shape index (κ3) is 3.39. The van der Waals surface area contributed by atoms with E-state index in [0.717, 1.165) is 5.69 Å². The molecule has 0 aliphatic carbocycles. The molecule has 0 aliphatic rings.